The second-order valence-electron chi connectivity index (χ2n) is 6.05. The van der Waals surface area contributed by atoms with Crippen LogP contribution < -0.4 is 0 Å². The Labute approximate surface area is 157 Å². The molecule has 0 N–H and O–H groups in total. The SMILES string of the molecule is COC(=O)n1nc(-c2ccccc2)c(-c2ccccc2)c1-c1ccccc1. The molecular weight excluding hydrogens is 336 g/mol. The van der Waals surface area contributed by atoms with Crippen LogP contribution in [0.15, 0.2) is 91.0 Å². The van der Waals surface area contributed by atoms with Gasteiger partial charge in [-0.15, -0.1) is 0 Å². The van der Waals surface area contributed by atoms with Crippen molar-refractivity contribution in [3.63, 3.8) is 0 Å². The van der Waals surface area contributed by atoms with Gasteiger partial charge in [0.15, 0.2) is 0 Å². The zero-order valence-corrected chi connectivity index (χ0v) is 14.9. The van der Waals surface area contributed by atoms with Crippen molar-refractivity contribution < 1.29 is 9.53 Å². The zero-order chi connectivity index (χ0) is 18.6. The van der Waals surface area contributed by atoms with Crippen molar-refractivity contribution in [2.45, 2.75) is 0 Å². The Morgan fingerprint density at radius 3 is 1.74 bits per heavy atom. The van der Waals surface area contributed by atoms with Gasteiger partial charge in [-0.1, -0.05) is 91.0 Å². The normalized spacial score (nSPS) is 10.6. The fourth-order valence-corrected chi connectivity index (χ4v) is 3.18. The summed E-state index contributed by atoms with van der Waals surface area (Å²) in [4.78, 5) is 12.5. The van der Waals surface area contributed by atoms with Gasteiger partial charge in [0.25, 0.3) is 0 Å². The first-order valence-electron chi connectivity index (χ1n) is 8.67. The summed E-state index contributed by atoms with van der Waals surface area (Å²) in [7, 11) is 1.36. The second kappa shape index (κ2) is 7.30. The molecule has 4 rings (SSSR count). The lowest BCUT2D eigenvalue weighted by Gasteiger charge is -2.09. The van der Waals surface area contributed by atoms with Crippen LogP contribution in [0.5, 0.6) is 0 Å². The highest BCUT2D eigenvalue weighted by atomic mass is 16.5. The van der Waals surface area contributed by atoms with Gasteiger partial charge in [-0.25, -0.2) is 4.79 Å². The van der Waals surface area contributed by atoms with Gasteiger partial charge in [0, 0.05) is 16.7 Å². The number of hydrogen-bond donors (Lipinski definition) is 0. The number of nitrogens with zero attached hydrogens (tertiary/aromatic N) is 2. The van der Waals surface area contributed by atoms with Gasteiger partial charge in [0.2, 0.25) is 0 Å². The monoisotopic (exact) mass is 354 g/mol. The highest BCUT2D eigenvalue weighted by Crippen LogP contribution is 2.39. The predicted octanol–water partition coefficient (Wildman–Crippen LogP) is 5.50. The van der Waals surface area contributed by atoms with Gasteiger partial charge in [0.05, 0.1) is 12.8 Å². The maximum absolute atomic E-state index is 12.5. The van der Waals surface area contributed by atoms with Crippen molar-refractivity contribution in [1.29, 1.82) is 0 Å². The molecule has 27 heavy (non-hydrogen) atoms. The molecule has 0 aliphatic heterocycles. The lowest BCUT2D eigenvalue weighted by Crippen LogP contribution is -2.14. The van der Waals surface area contributed by atoms with E-state index in [1.807, 2.05) is 91.0 Å². The summed E-state index contributed by atoms with van der Waals surface area (Å²) in [5, 5.41) is 4.65. The number of aromatic nitrogens is 2. The van der Waals surface area contributed by atoms with E-state index in [0.29, 0.717) is 5.69 Å². The van der Waals surface area contributed by atoms with Crippen molar-refractivity contribution in [2.24, 2.45) is 0 Å². The molecule has 1 heterocycles. The molecule has 0 aliphatic rings. The average Bonchev–Trinajstić information content (AvgIpc) is 3.16. The Morgan fingerprint density at radius 2 is 1.22 bits per heavy atom. The van der Waals surface area contributed by atoms with Gasteiger partial charge in [-0.2, -0.15) is 9.78 Å². The maximum atomic E-state index is 12.5. The summed E-state index contributed by atoms with van der Waals surface area (Å²) in [6.07, 6.45) is -0.520. The molecule has 0 unspecified atom stereocenters. The van der Waals surface area contributed by atoms with Gasteiger partial charge in [-0.05, 0) is 5.56 Å². The van der Waals surface area contributed by atoms with Gasteiger partial charge in [0.1, 0.15) is 5.69 Å². The fraction of sp³-hybridized carbons (Fsp3) is 0.0435. The summed E-state index contributed by atoms with van der Waals surface area (Å²) in [5.74, 6) is 0. The van der Waals surface area contributed by atoms with Gasteiger partial charge < -0.3 is 4.74 Å². The minimum absolute atomic E-state index is 0.520. The van der Waals surface area contributed by atoms with Crippen LogP contribution in [-0.4, -0.2) is 23.0 Å². The van der Waals surface area contributed by atoms with Crippen LogP contribution in [-0.2, 0) is 4.74 Å². The van der Waals surface area contributed by atoms with E-state index in [-0.39, 0.29) is 0 Å². The molecule has 0 atom stereocenters. The summed E-state index contributed by atoms with van der Waals surface area (Å²) < 4.78 is 6.35. The van der Waals surface area contributed by atoms with Crippen LogP contribution in [0.1, 0.15) is 0 Å². The molecule has 0 spiro atoms. The Kier molecular flexibility index (Phi) is 4.54. The standard InChI is InChI=1S/C23H18N2O2/c1-27-23(26)25-22(19-15-9-4-10-16-19)20(17-11-5-2-6-12-17)21(24-25)18-13-7-3-8-14-18/h2-16H,1H3. The molecule has 0 fully saturated rings. The average molecular weight is 354 g/mol. The van der Waals surface area contributed by atoms with E-state index in [2.05, 4.69) is 5.10 Å². The molecule has 4 heteroatoms. The Balaban J connectivity index is 2.09. The maximum Gasteiger partial charge on any atom is 0.435 e. The molecular formula is C23H18N2O2. The first kappa shape index (κ1) is 16.8. The minimum Gasteiger partial charge on any atom is -0.451 e. The van der Waals surface area contributed by atoms with Crippen LogP contribution in [0.25, 0.3) is 33.6 Å². The number of methoxy groups -OCH3 is 1. The van der Waals surface area contributed by atoms with Gasteiger partial charge >= 0.3 is 6.09 Å². The molecule has 0 bridgehead atoms. The number of ether oxygens (including phenoxy) is 1. The molecule has 0 radical (unpaired) electrons. The van der Waals surface area contributed by atoms with Crippen LogP contribution in [0.4, 0.5) is 4.79 Å². The highest BCUT2D eigenvalue weighted by molar-refractivity contribution is 5.95. The zero-order valence-electron chi connectivity index (χ0n) is 14.9. The summed E-state index contributed by atoms with van der Waals surface area (Å²) in [6, 6.07) is 29.6. The van der Waals surface area contributed by atoms with Crippen molar-refractivity contribution in [2.75, 3.05) is 7.11 Å². The summed E-state index contributed by atoms with van der Waals surface area (Å²) in [5.41, 5.74) is 5.19. The minimum atomic E-state index is -0.520. The molecule has 0 aliphatic carbocycles. The Hall–Kier alpha value is -3.66. The molecule has 3 aromatic carbocycles. The molecule has 0 saturated carbocycles. The highest BCUT2D eigenvalue weighted by Gasteiger charge is 2.25. The van der Waals surface area contributed by atoms with E-state index < -0.39 is 6.09 Å². The summed E-state index contributed by atoms with van der Waals surface area (Å²) >= 11 is 0. The predicted molar refractivity (Wildman–Crippen MR) is 106 cm³/mol. The molecule has 0 saturated heterocycles. The lowest BCUT2D eigenvalue weighted by molar-refractivity contribution is 0.170. The fourth-order valence-electron chi connectivity index (χ4n) is 3.18. The number of rotatable bonds is 3. The van der Waals surface area contributed by atoms with E-state index in [0.717, 1.165) is 27.9 Å². The third-order valence-electron chi connectivity index (χ3n) is 4.39. The first-order chi connectivity index (χ1) is 13.3. The summed E-state index contributed by atoms with van der Waals surface area (Å²) in [6.45, 7) is 0. The molecule has 132 valence electrons. The largest absolute Gasteiger partial charge is 0.451 e. The third-order valence-corrected chi connectivity index (χ3v) is 4.39. The van der Waals surface area contributed by atoms with Crippen molar-refractivity contribution in [3.8, 4) is 33.6 Å². The number of carbonyl (C=O) groups is 1. The molecule has 1 aromatic heterocycles. The van der Waals surface area contributed by atoms with E-state index in [4.69, 9.17) is 4.74 Å². The van der Waals surface area contributed by atoms with E-state index in [1.165, 1.54) is 11.8 Å². The van der Waals surface area contributed by atoms with Gasteiger partial charge in [-0.3, -0.25) is 0 Å². The van der Waals surface area contributed by atoms with Crippen molar-refractivity contribution in [1.82, 2.24) is 9.78 Å². The van der Waals surface area contributed by atoms with Crippen LogP contribution in [0.2, 0.25) is 0 Å². The van der Waals surface area contributed by atoms with E-state index >= 15 is 0 Å². The van der Waals surface area contributed by atoms with Crippen LogP contribution in [0.3, 0.4) is 0 Å². The molecule has 4 aromatic rings. The Bertz CT molecular complexity index is 1060. The lowest BCUT2D eigenvalue weighted by atomic mass is 9.96. The third kappa shape index (κ3) is 3.13. The number of hydrogen-bond acceptors (Lipinski definition) is 3. The number of carbonyl (C=O) groups excluding carboxylic acids is 1. The molecule has 4 nitrogen and oxygen atoms in total. The first-order valence-corrected chi connectivity index (χ1v) is 8.67. The second-order valence-corrected chi connectivity index (χ2v) is 6.05. The van der Waals surface area contributed by atoms with Crippen LogP contribution >= 0.6 is 0 Å². The number of benzene rings is 3. The van der Waals surface area contributed by atoms with Crippen LogP contribution in [0, 0.1) is 0 Å². The molecule has 0 amide bonds. The topological polar surface area (TPSA) is 44.1 Å². The smallest absolute Gasteiger partial charge is 0.435 e. The van der Waals surface area contributed by atoms with Crippen molar-refractivity contribution in [3.05, 3.63) is 91.0 Å². The van der Waals surface area contributed by atoms with E-state index in [9.17, 15) is 4.79 Å². The Morgan fingerprint density at radius 1 is 0.741 bits per heavy atom. The van der Waals surface area contributed by atoms with E-state index in [1.54, 1.807) is 0 Å². The quantitative estimate of drug-likeness (QED) is 0.488. The van der Waals surface area contributed by atoms with Crippen molar-refractivity contribution >= 4 is 6.09 Å².